The van der Waals surface area contributed by atoms with Crippen LogP contribution in [0.4, 0.5) is 0 Å². The van der Waals surface area contributed by atoms with E-state index in [9.17, 15) is 4.79 Å². The van der Waals surface area contributed by atoms with Crippen molar-refractivity contribution in [2.24, 2.45) is 0 Å². The molecule has 0 bridgehead atoms. The summed E-state index contributed by atoms with van der Waals surface area (Å²) in [4.78, 5) is 15.9. The van der Waals surface area contributed by atoms with Crippen LogP contribution in [0.15, 0.2) is 42.7 Å². The molecular formula is C18H23ClN2O2. The molecule has 0 aliphatic heterocycles. The fourth-order valence-electron chi connectivity index (χ4n) is 2.26. The van der Waals surface area contributed by atoms with Gasteiger partial charge in [-0.2, -0.15) is 0 Å². The minimum atomic E-state index is -0.105. The maximum absolute atomic E-state index is 12.0. The minimum Gasteiger partial charge on any atom is -0.496 e. The van der Waals surface area contributed by atoms with Gasteiger partial charge >= 0.3 is 0 Å². The second-order valence-electron chi connectivity index (χ2n) is 5.47. The fourth-order valence-corrected chi connectivity index (χ4v) is 2.26. The molecule has 2 rings (SSSR count). The highest BCUT2D eigenvalue weighted by Crippen LogP contribution is 2.24. The van der Waals surface area contributed by atoms with Gasteiger partial charge < -0.3 is 10.1 Å². The highest BCUT2D eigenvalue weighted by atomic mass is 35.5. The SMILES string of the molecule is COc1ccc(C(C)C)cc1CCNC(=O)c1cccnc1.Cl. The van der Waals surface area contributed by atoms with Crippen molar-refractivity contribution in [2.45, 2.75) is 26.2 Å². The van der Waals surface area contributed by atoms with Gasteiger partial charge in [-0.15, -0.1) is 12.4 Å². The molecule has 23 heavy (non-hydrogen) atoms. The Bertz CT molecular complexity index is 630. The second-order valence-corrected chi connectivity index (χ2v) is 5.47. The van der Waals surface area contributed by atoms with Crippen molar-refractivity contribution in [3.05, 3.63) is 59.4 Å². The Morgan fingerprint density at radius 2 is 2.09 bits per heavy atom. The molecule has 124 valence electrons. The van der Waals surface area contributed by atoms with Gasteiger partial charge in [0.1, 0.15) is 5.75 Å². The van der Waals surface area contributed by atoms with Crippen LogP contribution in [0.25, 0.3) is 0 Å². The van der Waals surface area contributed by atoms with E-state index < -0.39 is 0 Å². The van der Waals surface area contributed by atoms with E-state index in [0.717, 1.165) is 17.7 Å². The van der Waals surface area contributed by atoms with Gasteiger partial charge in [-0.05, 0) is 41.7 Å². The van der Waals surface area contributed by atoms with Gasteiger partial charge in [0.2, 0.25) is 0 Å². The predicted molar refractivity (Wildman–Crippen MR) is 94.6 cm³/mol. The average Bonchev–Trinajstić information content (AvgIpc) is 2.55. The summed E-state index contributed by atoms with van der Waals surface area (Å²) in [5.74, 6) is 1.22. The predicted octanol–water partition coefficient (Wildman–Crippen LogP) is 3.61. The van der Waals surface area contributed by atoms with Crippen LogP contribution in [0, 0.1) is 0 Å². The molecule has 1 amide bonds. The number of rotatable bonds is 6. The third-order valence-electron chi connectivity index (χ3n) is 3.57. The molecule has 1 heterocycles. The standard InChI is InChI=1S/C18H22N2O2.ClH/c1-13(2)14-6-7-17(22-3)15(11-14)8-10-20-18(21)16-5-4-9-19-12-16;/h4-7,9,11-13H,8,10H2,1-3H3,(H,20,21);1H. The Morgan fingerprint density at radius 3 is 2.70 bits per heavy atom. The van der Waals surface area contributed by atoms with Crippen LogP contribution in [0.1, 0.15) is 41.3 Å². The summed E-state index contributed by atoms with van der Waals surface area (Å²) in [7, 11) is 1.67. The van der Waals surface area contributed by atoms with E-state index in [-0.39, 0.29) is 18.3 Å². The van der Waals surface area contributed by atoms with Crippen LogP contribution < -0.4 is 10.1 Å². The van der Waals surface area contributed by atoms with Gasteiger partial charge in [0.25, 0.3) is 5.91 Å². The molecule has 1 aromatic carbocycles. The summed E-state index contributed by atoms with van der Waals surface area (Å²) in [5, 5.41) is 2.91. The summed E-state index contributed by atoms with van der Waals surface area (Å²) < 4.78 is 5.40. The molecule has 5 heteroatoms. The Hall–Kier alpha value is -2.07. The van der Waals surface area contributed by atoms with Crippen LogP contribution >= 0.6 is 12.4 Å². The van der Waals surface area contributed by atoms with E-state index in [1.807, 2.05) is 6.07 Å². The average molecular weight is 335 g/mol. The van der Waals surface area contributed by atoms with Gasteiger partial charge in [-0.3, -0.25) is 9.78 Å². The van der Waals surface area contributed by atoms with Crippen molar-refractivity contribution in [1.29, 1.82) is 0 Å². The van der Waals surface area contributed by atoms with Crippen LogP contribution in [0.2, 0.25) is 0 Å². The number of methoxy groups -OCH3 is 1. The smallest absolute Gasteiger partial charge is 0.252 e. The first-order valence-corrected chi connectivity index (χ1v) is 7.47. The highest BCUT2D eigenvalue weighted by molar-refractivity contribution is 5.93. The number of benzene rings is 1. The molecule has 0 radical (unpaired) electrons. The molecule has 0 saturated heterocycles. The van der Waals surface area contributed by atoms with Gasteiger partial charge in [0.15, 0.2) is 0 Å². The number of nitrogens with zero attached hydrogens (tertiary/aromatic N) is 1. The first-order valence-electron chi connectivity index (χ1n) is 7.47. The first kappa shape index (κ1) is 19.0. The van der Waals surface area contributed by atoms with Crippen molar-refractivity contribution in [1.82, 2.24) is 10.3 Å². The van der Waals surface area contributed by atoms with Gasteiger partial charge in [0.05, 0.1) is 12.7 Å². The molecule has 0 aliphatic rings. The second kappa shape index (κ2) is 9.16. The van der Waals surface area contributed by atoms with E-state index in [4.69, 9.17) is 4.74 Å². The summed E-state index contributed by atoms with van der Waals surface area (Å²) in [6, 6.07) is 9.74. The summed E-state index contributed by atoms with van der Waals surface area (Å²) in [5.41, 5.74) is 2.96. The number of aromatic nitrogens is 1. The van der Waals surface area contributed by atoms with E-state index in [1.54, 1.807) is 31.6 Å². The lowest BCUT2D eigenvalue weighted by Crippen LogP contribution is -2.25. The van der Waals surface area contributed by atoms with Crippen molar-refractivity contribution in [3.63, 3.8) is 0 Å². The molecule has 0 atom stereocenters. The van der Waals surface area contributed by atoms with E-state index in [1.165, 1.54) is 5.56 Å². The number of carbonyl (C=O) groups excluding carboxylic acids is 1. The van der Waals surface area contributed by atoms with E-state index >= 15 is 0 Å². The van der Waals surface area contributed by atoms with Gasteiger partial charge in [-0.1, -0.05) is 26.0 Å². The molecule has 0 fully saturated rings. The number of ether oxygens (including phenoxy) is 1. The Morgan fingerprint density at radius 1 is 1.30 bits per heavy atom. The van der Waals surface area contributed by atoms with Crippen molar-refractivity contribution in [2.75, 3.05) is 13.7 Å². The van der Waals surface area contributed by atoms with Crippen LogP contribution in [-0.2, 0) is 6.42 Å². The van der Waals surface area contributed by atoms with Crippen LogP contribution in [0.3, 0.4) is 0 Å². The molecular weight excluding hydrogens is 312 g/mol. The molecule has 0 unspecified atom stereocenters. The van der Waals surface area contributed by atoms with E-state index in [2.05, 4.69) is 36.3 Å². The van der Waals surface area contributed by atoms with Crippen LogP contribution in [0.5, 0.6) is 5.75 Å². The number of carbonyl (C=O) groups is 1. The zero-order valence-corrected chi connectivity index (χ0v) is 14.5. The Balaban J connectivity index is 0.00000264. The summed E-state index contributed by atoms with van der Waals surface area (Å²) in [6.45, 7) is 4.89. The lowest BCUT2D eigenvalue weighted by atomic mass is 9.99. The number of hydrogen-bond donors (Lipinski definition) is 1. The Kier molecular flexibility index (Phi) is 7.55. The number of nitrogens with one attached hydrogen (secondary N) is 1. The van der Waals surface area contributed by atoms with Gasteiger partial charge in [-0.25, -0.2) is 0 Å². The minimum absolute atomic E-state index is 0. The third kappa shape index (κ3) is 5.25. The molecule has 4 nitrogen and oxygen atoms in total. The molecule has 1 aromatic heterocycles. The number of halogens is 1. The Labute approximate surface area is 143 Å². The van der Waals surface area contributed by atoms with Crippen LogP contribution in [-0.4, -0.2) is 24.5 Å². The third-order valence-corrected chi connectivity index (χ3v) is 3.57. The van der Waals surface area contributed by atoms with E-state index in [0.29, 0.717) is 18.0 Å². The van der Waals surface area contributed by atoms with Gasteiger partial charge in [0, 0.05) is 18.9 Å². The lowest BCUT2D eigenvalue weighted by Gasteiger charge is -2.13. The zero-order chi connectivity index (χ0) is 15.9. The molecule has 1 N–H and O–H groups in total. The summed E-state index contributed by atoms with van der Waals surface area (Å²) >= 11 is 0. The van der Waals surface area contributed by atoms with Crippen molar-refractivity contribution in [3.8, 4) is 5.75 Å². The maximum atomic E-state index is 12.0. The fraction of sp³-hybridized carbons (Fsp3) is 0.333. The van der Waals surface area contributed by atoms with Crippen molar-refractivity contribution < 1.29 is 9.53 Å². The largest absolute Gasteiger partial charge is 0.496 e. The zero-order valence-electron chi connectivity index (χ0n) is 13.7. The number of amides is 1. The monoisotopic (exact) mass is 334 g/mol. The quantitative estimate of drug-likeness (QED) is 0.878. The molecule has 0 spiro atoms. The normalized spacial score (nSPS) is 10.1. The lowest BCUT2D eigenvalue weighted by molar-refractivity contribution is 0.0953. The first-order chi connectivity index (χ1) is 10.6. The molecule has 0 saturated carbocycles. The number of pyridine rings is 1. The summed E-state index contributed by atoms with van der Waals surface area (Å²) in [6.07, 6.45) is 3.95. The van der Waals surface area contributed by atoms with Crippen molar-refractivity contribution >= 4 is 18.3 Å². The molecule has 2 aromatic rings. The number of hydrogen-bond acceptors (Lipinski definition) is 3. The highest BCUT2D eigenvalue weighted by Gasteiger charge is 2.08. The topological polar surface area (TPSA) is 51.2 Å². The maximum Gasteiger partial charge on any atom is 0.252 e. The molecule has 0 aliphatic carbocycles.